The molecule has 0 aromatic heterocycles. The molecule has 0 saturated carbocycles. The van der Waals surface area contributed by atoms with Crippen molar-refractivity contribution in [3.63, 3.8) is 0 Å². The number of rotatable bonds is 5. The number of hydrogen-bond donors (Lipinski definition) is 2. The zero-order chi connectivity index (χ0) is 8.69. The molecule has 2 N–H and O–H groups in total. The first-order chi connectivity index (χ1) is 5.22. The highest BCUT2D eigenvalue weighted by molar-refractivity contribution is 5.76. The number of carboxylic acids is 1. The van der Waals surface area contributed by atoms with E-state index in [1.165, 1.54) is 0 Å². The number of carboxylic acid groups (broad SMARTS) is 1. The number of carbonyl (C=O) groups excluding carboxylic acids is 1. The van der Waals surface area contributed by atoms with Gasteiger partial charge in [-0.15, -0.1) is 0 Å². The summed E-state index contributed by atoms with van der Waals surface area (Å²) < 4.78 is 0. The van der Waals surface area contributed by atoms with Crippen LogP contribution in [-0.4, -0.2) is 23.5 Å². The molecule has 0 fully saturated rings. The Morgan fingerprint density at radius 2 is 2.45 bits per heavy atom. The molecule has 0 aromatic rings. The average Bonchev–Trinajstić information content (AvgIpc) is 1.97. The van der Waals surface area contributed by atoms with Crippen LogP contribution in [-0.2, 0) is 9.59 Å². The first kappa shape index (κ1) is 9.43. The Bertz CT molecular complexity index is 185. The van der Waals surface area contributed by atoms with Gasteiger partial charge in [0, 0.05) is 6.42 Å². The van der Waals surface area contributed by atoms with E-state index in [0.29, 0.717) is 6.41 Å². The van der Waals surface area contributed by atoms with Crippen LogP contribution in [0.2, 0.25) is 0 Å². The van der Waals surface area contributed by atoms with Crippen LogP contribution in [0.3, 0.4) is 0 Å². The summed E-state index contributed by atoms with van der Waals surface area (Å²) in [6.45, 7) is 0. The number of hydrogen-bond acceptors (Lipinski definition) is 3. The normalized spacial score (nSPS) is 11.2. The smallest absolute Gasteiger partial charge is 0.326 e. The SMILES string of the molecule is N#CCC[C@H](NC=O)C(=O)O. The standard InChI is InChI=1S/C6H8N2O3/c7-3-1-2-5(6(10)11)8-4-9/h4-5H,1-2H2,(H,8,9)(H,10,11)/t5-/m0/s1. The summed E-state index contributed by atoms with van der Waals surface area (Å²) in [6, 6.07) is 0.854. The second-order valence-corrected chi connectivity index (χ2v) is 1.87. The Morgan fingerprint density at radius 3 is 2.82 bits per heavy atom. The van der Waals surface area contributed by atoms with Crippen LogP contribution in [0, 0.1) is 11.3 Å². The molecule has 0 aliphatic carbocycles. The Labute approximate surface area is 63.6 Å². The summed E-state index contributed by atoms with van der Waals surface area (Å²) in [4.78, 5) is 20.1. The first-order valence-corrected chi connectivity index (χ1v) is 3.01. The third-order valence-corrected chi connectivity index (χ3v) is 1.11. The zero-order valence-corrected chi connectivity index (χ0v) is 5.78. The van der Waals surface area contributed by atoms with Gasteiger partial charge in [-0.1, -0.05) is 0 Å². The molecular formula is C6H8N2O3. The van der Waals surface area contributed by atoms with Gasteiger partial charge in [0.15, 0.2) is 0 Å². The van der Waals surface area contributed by atoms with Crippen molar-refractivity contribution in [2.45, 2.75) is 18.9 Å². The maximum absolute atomic E-state index is 10.3. The van der Waals surface area contributed by atoms with E-state index in [4.69, 9.17) is 10.4 Å². The van der Waals surface area contributed by atoms with Gasteiger partial charge in [-0.2, -0.15) is 5.26 Å². The second-order valence-electron chi connectivity index (χ2n) is 1.87. The van der Waals surface area contributed by atoms with Crippen LogP contribution >= 0.6 is 0 Å². The van der Waals surface area contributed by atoms with Gasteiger partial charge in [0.2, 0.25) is 6.41 Å². The molecule has 0 aromatic carbocycles. The lowest BCUT2D eigenvalue weighted by atomic mass is 10.2. The fourth-order valence-electron chi connectivity index (χ4n) is 0.569. The highest BCUT2D eigenvalue weighted by atomic mass is 16.4. The van der Waals surface area contributed by atoms with Gasteiger partial charge >= 0.3 is 5.97 Å². The third kappa shape index (κ3) is 3.92. The maximum Gasteiger partial charge on any atom is 0.326 e. The fraction of sp³-hybridized carbons (Fsp3) is 0.500. The molecule has 0 rings (SSSR count). The van der Waals surface area contributed by atoms with E-state index in [9.17, 15) is 9.59 Å². The molecule has 0 spiro atoms. The van der Waals surface area contributed by atoms with E-state index in [1.54, 1.807) is 6.07 Å². The molecule has 0 unspecified atom stereocenters. The quantitative estimate of drug-likeness (QED) is 0.524. The highest BCUT2D eigenvalue weighted by Gasteiger charge is 2.14. The van der Waals surface area contributed by atoms with Crippen LogP contribution in [0.25, 0.3) is 0 Å². The van der Waals surface area contributed by atoms with Crippen molar-refractivity contribution >= 4 is 12.4 Å². The van der Waals surface area contributed by atoms with E-state index in [2.05, 4.69) is 5.32 Å². The van der Waals surface area contributed by atoms with E-state index < -0.39 is 12.0 Å². The molecule has 0 heterocycles. The van der Waals surface area contributed by atoms with Crippen LogP contribution in [0.5, 0.6) is 0 Å². The van der Waals surface area contributed by atoms with Crippen molar-refractivity contribution in [3.05, 3.63) is 0 Å². The molecule has 11 heavy (non-hydrogen) atoms. The molecule has 0 radical (unpaired) electrons. The summed E-state index contributed by atoms with van der Waals surface area (Å²) in [5.41, 5.74) is 0. The van der Waals surface area contributed by atoms with Crippen molar-refractivity contribution in [1.82, 2.24) is 5.32 Å². The van der Waals surface area contributed by atoms with Crippen molar-refractivity contribution < 1.29 is 14.7 Å². The van der Waals surface area contributed by atoms with E-state index in [0.717, 1.165) is 0 Å². The Hall–Kier alpha value is -1.57. The van der Waals surface area contributed by atoms with Crippen molar-refractivity contribution in [3.8, 4) is 6.07 Å². The maximum atomic E-state index is 10.3. The predicted molar refractivity (Wildman–Crippen MR) is 35.5 cm³/mol. The third-order valence-electron chi connectivity index (χ3n) is 1.11. The molecule has 1 atom stereocenters. The van der Waals surface area contributed by atoms with E-state index in [1.807, 2.05) is 0 Å². The number of amides is 1. The largest absolute Gasteiger partial charge is 0.480 e. The van der Waals surface area contributed by atoms with Crippen molar-refractivity contribution in [1.29, 1.82) is 5.26 Å². The molecule has 5 heteroatoms. The number of carbonyl (C=O) groups is 2. The lowest BCUT2D eigenvalue weighted by Gasteiger charge is -2.06. The van der Waals surface area contributed by atoms with E-state index in [-0.39, 0.29) is 12.8 Å². The topological polar surface area (TPSA) is 90.2 Å². The lowest BCUT2D eigenvalue weighted by molar-refractivity contribution is -0.140. The van der Waals surface area contributed by atoms with Gasteiger partial charge in [-0.3, -0.25) is 4.79 Å². The summed E-state index contributed by atoms with van der Waals surface area (Å²) in [5.74, 6) is -1.12. The lowest BCUT2D eigenvalue weighted by Crippen LogP contribution is -2.35. The van der Waals surface area contributed by atoms with Crippen molar-refractivity contribution in [2.24, 2.45) is 0 Å². The average molecular weight is 156 g/mol. The number of nitrogens with zero attached hydrogens (tertiary/aromatic N) is 1. The Kier molecular flexibility index (Phi) is 4.49. The predicted octanol–water partition coefficient (Wildman–Crippen LogP) is -0.511. The number of aliphatic carboxylic acids is 1. The van der Waals surface area contributed by atoms with Crippen LogP contribution in [0.1, 0.15) is 12.8 Å². The highest BCUT2D eigenvalue weighted by Crippen LogP contribution is 1.94. The molecule has 1 amide bonds. The minimum Gasteiger partial charge on any atom is -0.480 e. The van der Waals surface area contributed by atoms with Crippen LogP contribution in [0.4, 0.5) is 0 Å². The van der Waals surface area contributed by atoms with Gasteiger partial charge in [0.25, 0.3) is 0 Å². The minimum atomic E-state index is -1.12. The fourth-order valence-corrected chi connectivity index (χ4v) is 0.569. The number of nitriles is 1. The van der Waals surface area contributed by atoms with E-state index >= 15 is 0 Å². The Morgan fingerprint density at radius 1 is 1.82 bits per heavy atom. The van der Waals surface area contributed by atoms with Gasteiger partial charge < -0.3 is 10.4 Å². The minimum absolute atomic E-state index is 0.123. The van der Waals surface area contributed by atoms with Crippen LogP contribution in [0.15, 0.2) is 0 Å². The summed E-state index contributed by atoms with van der Waals surface area (Å²) in [6.07, 6.45) is 0.582. The summed E-state index contributed by atoms with van der Waals surface area (Å²) in [7, 11) is 0. The first-order valence-electron chi connectivity index (χ1n) is 3.01. The molecule has 60 valence electrons. The van der Waals surface area contributed by atoms with Gasteiger partial charge in [-0.05, 0) is 6.42 Å². The molecule has 0 saturated heterocycles. The summed E-state index contributed by atoms with van der Waals surface area (Å²) >= 11 is 0. The molecular weight excluding hydrogens is 148 g/mol. The molecule has 5 nitrogen and oxygen atoms in total. The van der Waals surface area contributed by atoms with Crippen LogP contribution < -0.4 is 5.32 Å². The zero-order valence-electron chi connectivity index (χ0n) is 5.78. The van der Waals surface area contributed by atoms with Crippen molar-refractivity contribution in [2.75, 3.05) is 0 Å². The molecule has 0 aliphatic rings. The van der Waals surface area contributed by atoms with Gasteiger partial charge in [0.05, 0.1) is 6.07 Å². The number of nitrogens with one attached hydrogen (secondary N) is 1. The monoisotopic (exact) mass is 156 g/mol. The molecule has 0 aliphatic heterocycles. The van der Waals surface area contributed by atoms with Gasteiger partial charge in [0.1, 0.15) is 6.04 Å². The Balaban J connectivity index is 3.80. The van der Waals surface area contributed by atoms with Gasteiger partial charge in [-0.25, -0.2) is 4.79 Å². The summed E-state index contributed by atoms with van der Waals surface area (Å²) in [5, 5.41) is 18.6. The second kappa shape index (κ2) is 5.23. The molecule has 0 bridgehead atoms.